The minimum absolute atomic E-state index is 0.319. The monoisotopic (exact) mass is 288 g/mol. The number of thiazole rings is 1. The number of hydrogen-bond acceptors (Lipinski definition) is 4. The van der Waals surface area contributed by atoms with E-state index in [1.165, 1.54) is 11.3 Å². The van der Waals surface area contributed by atoms with E-state index >= 15 is 0 Å². The molecular weight excluding hydrogens is 276 g/mol. The summed E-state index contributed by atoms with van der Waals surface area (Å²) < 4.78 is 7.13. The van der Waals surface area contributed by atoms with E-state index in [2.05, 4.69) is 4.98 Å². The molecule has 2 aromatic heterocycles. The van der Waals surface area contributed by atoms with Crippen molar-refractivity contribution in [3.8, 4) is 17.0 Å². The Morgan fingerprint density at radius 2 is 2.15 bits per heavy atom. The van der Waals surface area contributed by atoms with Gasteiger partial charge in [0.15, 0.2) is 4.96 Å². The van der Waals surface area contributed by atoms with Crippen LogP contribution in [0.1, 0.15) is 15.4 Å². The smallest absolute Gasteiger partial charge is 0.347 e. The Morgan fingerprint density at radius 1 is 1.40 bits per heavy atom. The third-order valence-electron chi connectivity index (χ3n) is 3.13. The van der Waals surface area contributed by atoms with Gasteiger partial charge in [-0.1, -0.05) is 23.5 Å². The van der Waals surface area contributed by atoms with Gasteiger partial charge in [-0.05, 0) is 19.1 Å². The second-order valence-electron chi connectivity index (χ2n) is 4.30. The van der Waals surface area contributed by atoms with Crippen molar-refractivity contribution >= 4 is 22.3 Å². The second kappa shape index (κ2) is 4.64. The molecule has 0 spiro atoms. The van der Waals surface area contributed by atoms with E-state index in [9.17, 15) is 4.79 Å². The summed E-state index contributed by atoms with van der Waals surface area (Å²) in [6.07, 6.45) is 1.84. The Morgan fingerprint density at radius 3 is 2.80 bits per heavy atom. The minimum Gasteiger partial charge on any atom is -0.496 e. The normalized spacial score (nSPS) is 10.9. The number of nitrogens with zero attached hydrogens (tertiary/aromatic N) is 2. The molecule has 6 heteroatoms. The number of carboxylic acid groups (broad SMARTS) is 1. The first-order valence-electron chi connectivity index (χ1n) is 5.97. The van der Waals surface area contributed by atoms with E-state index in [0.717, 1.165) is 17.0 Å². The topological polar surface area (TPSA) is 63.8 Å². The summed E-state index contributed by atoms with van der Waals surface area (Å²) in [6.45, 7) is 1.78. The first-order valence-corrected chi connectivity index (χ1v) is 6.78. The number of fused-ring (bicyclic) bond motifs is 1. The van der Waals surface area contributed by atoms with E-state index < -0.39 is 5.97 Å². The standard InChI is InChI=1S/C14H12N2O3S/c1-8-12(13(17)18)20-14-15-10(7-16(8)14)9-5-3-4-6-11(9)19-2/h3-7H,1-2H3,(H,17,18). The van der Waals surface area contributed by atoms with Gasteiger partial charge in [0.25, 0.3) is 0 Å². The molecule has 5 nitrogen and oxygen atoms in total. The highest BCUT2D eigenvalue weighted by Crippen LogP contribution is 2.31. The van der Waals surface area contributed by atoms with Crippen molar-refractivity contribution in [1.29, 1.82) is 0 Å². The fourth-order valence-electron chi connectivity index (χ4n) is 2.13. The molecule has 0 unspecified atom stereocenters. The van der Waals surface area contributed by atoms with Crippen LogP contribution in [-0.4, -0.2) is 27.6 Å². The number of carboxylic acids is 1. The van der Waals surface area contributed by atoms with Crippen molar-refractivity contribution in [3.63, 3.8) is 0 Å². The Labute approximate surface area is 119 Å². The maximum Gasteiger partial charge on any atom is 0.347 e. The number of methoxy groups -OCH3 is 1. The SMILES string of the molecule is COc1ccccc1-c1cn2c(C)c(C(=O)O)sc2n1. The van der Waals surface area contributed by atoms with Crippen molar-refractivity contribution in [3.05, 3.63) is 41.0 Å². The molecule has 0 aliphatic heterocycles. The summed E-state index contributed by atoms with van der Waals surface area (Å²) in [5.74, 6) is -0.175. The van der Waals surface area contributed by atoms with E-state index in [4.69, 9.17) is 9.84 Å². The zero-order valence-corrected chi connectivity index (χ0v) is 11.8. The third-order valence-corrected chi connectivity index (χ3v) is 4.28. The van der Waals surface area contributed by atoms with Crippen LogP contribution in [0.15, 0.2) is 30.5 Å². The molecule has 1 N–H and O–H groups in total. The molecule has 20 heavy (non-hydrogen) atoms. The molecule has 0 amide bonds. The van der Waals surface area contributed by atoms with Gasteiger partial charge in [0, 0.05) is 17.5 Å². The number of carbonyl (C=O) groups is 1. The zero-order chi connectivity index (χ0) is 14.3. The van der Waals surface area contributed by atoms with E-state index in [1.807, 2.05) is 30.5 Å². The molecule has 3 rings (SSSR count). The number of rotatable bonds is 3. The second-order valence-corrected chi connectivity index (χ2v) is 5.28. The highest BCUT2D eigenvalue weighted by Gasteiger charge is 2.18. The molecule has 0 saturated heterocycles. The number of aromatic carboxylic acids is 1. The first kappa shape index (κ1) is 12.7. The van der Waals surface area contributed by atoms with Crippen molar-refractivity contribution in [2.24, 2.45) is 0 Å². The molecule has 2 heterocycles. The van der Waals surface area contributed by atoms with Gasteiger partial charge in [-0.2, -0.15) is 0 Å². The Balaban J connectivity index is 2.17. The lowest BCUT2D eigenvalue weighted by atomic mass is 10.1. The number of aromatic nitrogens is 2. The maximum atomic E-state index is 11.1. The first-order chi connectivity index (χ1) is 9.61. The number of benzene rings is 1. The Hall–Kier alpha value is -2.34. The fraction of sp³-hybridized carbons (Fsp3) is 0.143. The summed E-state index contributed by atoms with van der Waals surface area (Å²) in [5, 5.41) is 9.10. The fourth-order valence-corrected chi connectivity index (χ4v) is 3.08. The number of aryl methyl sites for hydroxylation is 1. The predicted octanol–water partition coefficient (Wildman–Crippen LogP) is 3.08. The predicted molar refractivity (Wildman–Crippen MR) is 76.8 cm³/mol. The third kappa shape index (κ3) is 1.85. The summed E-state index contributed by atoms with van der Waals surface area (Å²) in [6, 6.07) is 7.62. The van der Waals surface area contributed by atoms with Crippen LogP contribution in [0, 0.1) is 6.92 Å². The van der Waals surface area contributed by atoms with E-state index in [1.54, 1.807) is 18.4 Å². The van der Waals surface area contributed by atoms with Crippen LogP contribution in [0.5, 0.6) is 5.75 Å². The van der Waals surface area contributed by atoms with Gasteiger partial charge in [-0.25, -0.2) is 9.78 Å². The van der Waals surface area contributed by atoms with Gasteiger partial charge < -0.3 is 9.84 Å². The number of hydrogen-bond donors (Lipinski definition) is 1. The van der Waals surface area contributed by atoms with Crippen LogP contribution in [0.4, 0.5) is 0 Å². The zero-order valence-electron chi connectivity index (χ0n) is 11.0. The molecule has 0 fully saturated rings. The van der Waals surface area contributed by atoms with Gasteiger partial charge in [-0.15, -0.1) is 0 Å². The van der Waals surface area contributed by atoms with Gasteiger partial charge in [-0.3, -0.25) is 4.40 Å². The van der Waals surface area contributed by atoms with Gasteiger partial charge in [0.05, 0.1) is 12.8 Å². The molecule has 0 bridgehead atoms. The van der Waals surface area contributed by atoms with Crippen LogP contribution < -0.4 is 4.74 Å². The molecule has 0 radical (unpaired) electrons. The molecule has 102 valence electrons. The van der Waals surface area contributed by atoms with Crippen LogP contribution in [0.2, 0.25) is 0 Å². The Kier molecular flexibility index (Phi) is 2.94. The van der Waals surface area contributed by atoms with Gasteiger partial charge >= 0.3 is 5.97 Å². The van der Waals surface area contributed by atoms with E-state index in [0.29, 0.717) is 15.5 Å². The van der Waals surface area contributed by atoms with Crippen molar-refractivity contribution in [1.82, 2.24) is 9.38 Å². The summed E-state index contributed by atoms with van der Waals surface area (Å²) >= 11 is 1.17. The molecule has 0 atom stereocenters. The highest BCUT2D eigenvalue weighted by atomic mass is 32.1. The molecular formula is C14H12N2O3S. The largest absolute Gasteiger partial charge is 0.496 e. The summed E-state index contributed by atoms with van der Waals surface area (Å²) in [5.41, 5.74) is 2.35. The van der Waals surface area contributed by atoms with Crippen molar-refractivity contribution < 1.29 is 14.6 Å². The molecule has 0 saturated carbocycles. The van der Waals surface area contributed by atoms with Crippen LogP contribution >= 0.6 is 11.3 Å². The molecule has 1 aromatic carbocycles. The maximum absolute atomic E-state index is 11.1. The molecule has 0 aliphatic carbocycles. The number of imidazole rings is 1. The van der Waals surface area contributed by atoms with Crippen LogP contribution in [0.3, 0.4) is 0 Å². The lowest BCUT2D eigenvalue weighted by Crippen LogP contribution is -1.96. The summed E-state index contributed by atoms with van der Waals surface area (Å²) in [7, 11) is 1.62. The van der Waals surface area contributed by atoms with Crippen LogP contribution in [-0.2, 0) is 0 Å². The minimum atomic E-state index is -0.920. The van der Waals surface area contributed by atoms with Crippen molar-refractivity contribution in [2.45, 2.75) is 6.92 Å². The lowest BCUT2D eigenvalue weighted by molar-refractivity contribution is 0.0701. The van der Waals surface area contributed by atoms with Crippen molar-refractivity contribution in [2.75, 3.05) is 7.11 Å². The Bertz CT molecular complexity index is 804. The molecule has 0 aliphatic rings. The number of ether oxygens (including phenoxy) is 1. The molecule has 3 aromatic rings. The number of para-hydroxylation sites is 1. The quantitative estimate of drug-likeness (QED) is 0.804. The van der Waals surface area contributed by atoms with Crippen LogP contribution in [0.25, 0.3) is 16.2 Å². The average molecular weight is 288 g/mol. The summed E-state index contributed by atoms with van der Waals surface area (Å²) in [4.78, 5) is 16.6. The average Bonchev–Trinajstić information content (AvgIpc) is 2.99. The lowest BCUT2D eigenvalue weighted by Gasteiger charge is -2.04. The van der Waals surface area contributed by atoms with Gasteiger partial charge in [0.2, 0.25) is 0 Å². The van der Waals surface area contributed by atoms with Gasteiger partial charge in [0.1, 0.15) is 10.6 Å². The highest BCUT2D eigenvalue weighted by molar-refractivity contribution is 7.19. The van der Waals surface area contributed by atoms with E-state index in [-0.39, 0.29) is 0 Å².